The third-order valence-corrected chi connectivity index (χ3v) is 13.0. The minimum Gasteiger partial charge on any atom is -0.496 e. The van der Waals surface area contributed by atoms with Gasteiger partial charge in [0.1, 0.15) is 24.1 Å². The second-order valence-corrected chi connectivity index (χ2v) is 16.9. The van der Waals surface area contributed by atoms with Gasteiger partial charge in [0.2, 0.25) is 0 Å². The Morgan fingerprint density at radius 1 is 0.491 bits per heavy atom. The van der Waals surface area contributed by atoms with Crippen LogP contribution in [0.5, 0.6) is 5.75 Å². The molecule has 0 aliphatic carbocycles. The highest BCUT2D eigenvalue weighted by Crippen LogP contribution is 2.50. The number of thioether (sulfide) groups is 1. The number of ether oxygens (including phenoxy) is 5. The number of rotatable bonds is 17. The highest BCUT2D eigenvalue weighted by atomic mass is 32.2. The van der Waals surface area contributed by atoms with Crippen LogP contribution < -0.4 is 4.74 Å². The van der Waals surface area contributed by atoms with E-state index in [1.54, 1.807) is 7.11 Å². The Bertz CT molecular complexity index is 2230. The summed E-state index contributed by atoms with van der Waals surface area (Å²) in [5, 5.41) is 1.03. The minimum absolute atomic E-state index is 0.0873. The topological polar surface area (TPSA) is 46.2 Å². The number of methoxy groups -OCH3 is 1. The molecule has 1 aliphatic heterocycles. The van der Waals surface area contributed by atoms with E-state index < -0.39 is 12.2 Å². The Morgan fingerprint density at radius 3 is 1.60 bits per heavy atom. The molecule has 6 aromatic carbocycles. The molecule has 2 heterocycles. The van der Waals surface area contributed by atoms with Crippen LogP contribution in [-0.2, 0) is 51.8 Å². The maximum atomic E-state index is 7.12. The molecule has 5 nitrogen and oxygen atoms in total. The maximum Gasteiger partial charge on any atom is 0.123 e. The molecule has 1 aromatic heterocycles. The van der Waals surface area contributed by atoms with E-state index >= 15 is 0 Å². The van der Waals surface area contributed by atoms with Crippen molar-refractivity contribution in [3.63, 3.8) is 0 Å². The van der Waals surface area contributed by atoms with E-state index in [2.05, 4.69) is 146 Å². The molecule has 5 atom stereocenters. The zero-order chi connectivity index (χ0) is 38.7. The first-order chi connectivity index (χ1) is 28.2. The lowest BCUT2D eigenvalue weighted by Gasteiger charge is -2.46. The van der Waals surface area contributed by atoms with Crippen LogP contribution in [0.3, 0.4) is 0 Å². The third kappa shape index (κ3) is 10.2. The van der Waals surface area contributed by atoms with Gasteiger partial charge in [-0.2, -0.15) is 0 Å². The van der Waals surface area contributed by atoms with E-state index in [1.807, 2.05) is 47.4 Å². The van der Waals surface area contributed by atoms with E-state index in [-0.39, 0.29) is 16.6 Å². The summed E-state index contributed by atoms with van der Waals surface area (Å²) in [4.78, 5) is 1.33. The average molecular weight is 793 g/mol. The molecule has 2 unspecified atom stereocenters. The van der Waals surface area contributed by atoms with Crippen molar-refractivity contribution in [3.05, 3.63) is 208 Å². The van der Waals surface area contributed by atoms with E-state index in [0.717, 1.165) is 40.0 Å². The van der Waals surface area contributed by atoms with Crippen molar-refractivity contribution >= 4 is 33.2 Å². The third-order valence-electron chi connectivity index (χ3n) is 10.3. The number of hydrogen-bond donors (Lipinski definition) is 0. The van der Waals surface area contributed by atoms with E-state index in [9.17, 15) is 0 Å². The van der Waals surface area contributed by atoms with Gasteiger partial charge in [-0.3, -0.25) is 0 Å². The molecule has 1 fully saturated rings. The smallest absolute Gasteiger partial charge is 0.123 e. The first-order valence-electron chi connectivity index (χ1n) is 19.6. The van der Waals surface area contributed by atoms with Crippen LogP contribution in [0.4, 0.5) is 0 Å². The van der Waals surface area contributed by atoms with Crippen molar-refractivity contribution in [2.24, 2.45) is 0 Å². The highest BCUT2D eigenvalue weighted by molar-refractivity contribution is 8.00. The molecule has 57 heavy (non-hydrogen) atoms. The molecule has 7 aromatic rings. The molecular formula is C50H48O5S2. The van der Waals surface area contributed by atoms with E-state index in [1.165, 1.54) is 20.5 Å². The SMILES string of the molecule is COc1ccc(Cc2cc3ccccc3s2)cc1C1SC(COCc2ccccc2)[C@@H](OCc2ccccc2)[C@H](OCc2ccccc2)[C@H]1OCc1ccccc1. The molecule has 0 N–H and O–H groups in total. The van der Waals surface area contributed by atoms with Crippen molar-refractivity contribution in [2.45, 2.75) is 61.7 Å². The summed E-state index contributed by atoms with van der Waals surface area (Å²) in [6.07, 6.45) is -0.355. The molecule has 8 rings (SSSR count). The van der Waals surface area contributed by atoms with Gasteiger partial charge in [-0.1, -0.05) is 152 Å². The number of thiophene rings is 1. The van der Waals surface area contributed by atoms with Crippen LogP contribution in [0.2, 0.25) is 0 Å². The predicted octanol–water partition coefficient (Wildman–Crippen LogP) is 11.6. The lowest BCUT2D eigenvalue weighted by Crippen LogP contribution is -2.54. The summed E-state index contributed by atoms with van der Waals surface area (Å²) in [6.45, 7) is 2.26. The van der Waals surface area contributed by atoms with Crippen molar-refractivity contribution < 1.29 is 23.7 Å². The van der Waals surface area contributed by atoms with Crippen LogP contribution in [0.25, 0.3) is 10.1 Å². The van der Waals surface area contributed by atoms with Crippen LogP contribution in [0.15, 0.2) is 170 Å². The number of benzene rings is 6. The predicted molar refractivity (Wildman–Crippen MR) is 233 cm³/mol. The molecule has 0 spiro atoms. The Balaban J connectivity index is 1.18. The first kappa shape index (κ1) is 39.1. The fourth-order valence-electron chi connectivity index (χ4n) is 7.48. The highest BCUT2D eigenvalue weighted by Gasteiger charge is 2.49. The number of fused-ring (bicyclic) bond motifs is 1. The molecule has 290 valence electrons. The Hall–Kier alpha value is -4.73. The van der Waals surface area contributed by atoms with Crippen molar-refractivity contribution in [3.8, 4) is 5.75 Å². The lowest BCUT2D eigenvalue weighted by atomic mass is 9.94. The van der Waals surface area contributed by atoms with Crippen molar-refractivity contribution in [2.75, 3.05) is 13.7 Å². The van der Waals surface area contributed by atoms with Gasteiger partial charge in [-0.15, -0.1) is 23.1 Å². The Labute approximate surface area is 344 Å². The first-order valence-corrected chi connectivity index (χ1v) is 21.3. The fraction of sp³-hybridized carbons (Fsp3) is 0.240. The Morgan fingerprint density at radius 2 is 1.02 bits per heavy atom. The summed E-state index contributed by atoms with van der Waals surface area (Å²) < 4.78 is 35.2. The summed E-state index contributed by atoms with van der Waals surface area (Å²) in [6, 6.07) is 59.0. The van der Waals surface area contributed by atoms with Crippen LogP contribution in [0, 0.1) is 0 Å². The van der Waals surface area contributed by atoms with Gasteiger partial charge in [0.15, 0.2) is 0 Å². The van der Waals surface area contributed by atoms with Crippen LogP contribution >= 0.6 is 23.1 Å². The maximum absolute atomic E-state index is 7.12. The van der Waals surface area contributed by atoms with Crippen LogP contribution in [0.1, 0.15) is 43.5 Å². The molecule has 0 bridgehead atoms. The van der Waals surface area contributed by atoms with Gasteiger partial charge >= 0.3 is 0 Å². The second kappa shape index (κ2) is 19.6. The average Bonchev–Trinajstić information content (AvgIpc) is 3.68. The van der Waals surface area contributed by atoms with Gasteiger partial charge in [0.05, 0.1) is 50.6 Å². The summed E-state index contributed by atoms with van der Waals surface area (Å²) >= 11 is 3.70. The molecule has 1 aliphatic rings. The number of hydrogen-bond acceptors (Lipinski definition) is 7. The summed E-state index contributed by atoms with van der Waals surface area (Å²) in [5.74, 6) is 0.829. The molecule has 0 amide bonds. The van der Waals surface area contributed by atoms with Gasteiger partial charge in [0, 0.05) is 21.6 Å². The Kier molecular flexibility index (Phi) is 13.5. The molecule has 0 saturated carbocycles. The van der Waals surface area contributed by atoms with Crippen LogP contribution in [-0.4, -0.2) is 37.3 Å². The van der Waals surface area contributed by atoms with Gasteiger partial charge < -0.3 is 23.7 Å². The minimum atomic E-state index is -0.440. The van der Waals surface area contributed by atoms with E-state index in [4.69, 9.17) is 23.7 Å². The lowest BCUT2D eigenvalue weighted by molar-refractivity contribution is -0.160. The zero-order valence-corrected chi connectivity index (χ0v) is 33.8. The van der Waals surface area contributed by atoms with Crippen molar-refractivity contribution in [1.29, 1.82) is 0 Å². The zero-order valence-electron chi connectivity index (χ0n) is 32.2. The summed E-state index contributed by atoms with van der Waals surface area (Å²) in [7, 11) is 1.76. The fourth-order valence-corrected chi connectivity index (χ4v) is 10.2. The largest absolute Gasteiger partial charge is 0.496 e. The van der Waals surface area contributed by atoms with Gasteiger partial charge in [-0.25, -0.2) is 0 Å². The molecule has 7 heteroatoms. The summed E-state index contributed by atoms with van der Waals surface area (Å²) in [5.41, 5.74) is 6.74. The molecule has 0 radical (unpaired) electrons. The normalized spacial score (nSPS) is 19.4. The van der Waals surface area contributed by atoms with E-state index in [0.29, 0.717) is 33.0 Å². The molecular weight excluding hydrogens is 745 g/mol. The van der Waals surface area contributed by atoms with Crippen molar-refractivity contribution in [1.82, 2.24) is 0 Å². The second-order valence-electron chi connectivity index (χ2n) is 14.4. The quantitative estimate of drug-likeness (QED) is 0.0915. The molecule has 1 saturated heterocycles. The van der Waals surface area contributed by atoms with Gasteiger partial charge in [-0.05, 0) is 51.4 Å². The standard InChI is InChI=1S/C50H48O5S2/c1-51-44-27-26-40(28-42-30-41-24-14-15-25-45(41)56-42)29-43(44)50-49(55-34-39-22-12-5-13-23-39)48(54-33-38-20-10-4-11-21-38)47(53-32-37-18-8-3-9-19-37)46(57-50)35-52-31-36-16-6-2-7-17-36/h2-27,29-30,46-50H,28,31-35H2,1H3/t46?,47-,48+,49-,50?/m1/s1. The van der Waals surface area contributed by atoms with Gasteiger partial charge in [0.25, 0.3) is 0 Å². The monoisotopic (exact) mass is 792 g/mol.